The molecule has 0 aromatic heterocycles. The normalized spacial score (nSPS) is 22.1. The summed E-state index contributed by atoms with van der Waals surface area (Å²) in [5.41, 5.74) is 6.51. The third-order valence-corrected chi connectivity index (χ3v) is 6.69. The number of hydrogen-bond acceptors (Lipinski definition) is 2. The largest absolute Gasteiger partial charge is 0.448 e. The molecule has 2 aromatic carbocycles. The third kappa shape index (κ3) is 3.19. The quantitative estimate of drug-likeness (QED) is 0.585. The second kappa shape index (κ2) is 7.55. The van der Waals surface area contributed by atoms with Gasteiger partial charge in [0.2, 0.25) is 0 Å². The Morgan fingerprint density at radius 1 is 1.07 bits per heavy atom. The number of amides is 1. The van der Waals surface area contributed by atoms with E-state index in [0.717, 1.165) is 32.1 Å². The molecule has 2 aliphatic heterocycles. The van der Waals surface area contributed by atoms with Gasteiger partial charge in [-0.05, 0) is 54.4 Å². The molecule has 1 saturated heterocycles. The van der Waals surface area contributed by atoms with Crippen molar-refractivity contribution < 1.29 is 9.53 Å². The lowest BCUT2D eigenvalue weighted by molar-refractivity contribution is 0.0849. The number of carbonyl (C=O) groups is 1. The molecule has 148 valence electrons. The number of benzene rings is 2. The zero-order chi connectivity index (χ0) is 19.8. The minimum absolute atomic E-state index is 0.118. The maximum atomic E-state index is 13.0. The molecule has 5 rings (SSSR count). The highest BCUT2D eigenvalue weighted by Gasteiger charge is 2.40. The SMILES string of the molecule is C=CCCC1=CC2CCC(C1)N2C(=O)OCC1c2ccccc2-c2ccccc21. The number of nitrogens with zero attached hydrogens (tertiary/aromatic N) is 1. The van der Waals surface area contributed by atoms with Gasteiger partial charge in [-0.25, -0.2) is 4.79 Å². The molecule has 0 radical (unpaired) electrons. The predicted molar refractivity (Wildman–Crippen MR) is 116 cm³/mol. The zero-order valence-electron chi connectivity index (χ0n) is 16.7. The Kier molecular flexibility index (Phi) is 4.75. The lowest BCUT2D eigenvalue weighted by Gasteiger charge is -2.33. The highest BCUT2D eigenvalue weighted by molar-refractivity contribution is 5.79. The molecular formula is C26H27NO2. The van der Waals surface area contributed by atoms with Gasteiger partial charge in [0.05, 0.1) is 6.04 Å². The minimum Gasteiger partial charge on any atom is -0.448 e. The summed E-state index contributed by atoms with van der Waals surface area (Å²) in [5.74, 6) is 0.118. The smallest absolute Gasteiger partial charge is 0.410 e. The second-order valence-electron chi connectivity index (χ2n) is 8.37. The molecular weight excluding hydrogens is 358 g/mol. The Hall–Kier alpha value is -2.81. The summed E-state index contributed by atoms with van der Waals surface area (Å²) in [7, 11) is 0. The van der Waals surface area contributed by atoms with Crippen molar-refractivity contribution in [2.24, 2.45) is 0 Å². The van der Waals surface area contributed by atoms with Crippen LogP contribution in [0.15, 0.2) is 72.8 Å². The maximum absolute atomic E-state index is 13.0. The van der Waals surface area contributed by atoms with Crippen LogP contribution in [0.25, 0.3) is 11.1 Å². The van der Waals surface area contributed by atoms with Gasteiger partial charge in [-0.1, -0.05) is 66.3 Å². The standard InChI is InChI=1S/C26H27NO2/c1-2-3-8-18-15-19-13-14-20(16-18)27(19)26(28)29-17-25-23-11-6-4-9-21(23)22-10-5-7-12-24(22)25/h2,4-7,9-12,15,19-20,25H,1,3,8,13-14,16-17H2. The van der Waals surface area contributed by atoms with E-state index in [0.29, 0.717) is 12.6 Å². The average Bonchev–Trinajstić information content (AvgIpc) is 3.22. The van der Waals surface area contributed by atoms with Crippen LogP contribution < -0.4 is 0 Å². The fourth-order valence-corrected chi connectivity index (χ4v) is 5.34. The van der Waals surface area contributed by atoms with Crippen molar-refractivity contribution in [2.75, 3.05) is 6.61 Å². The van der Waals surface area contributed by atoms with Crippen LogP contribution in [-0.2, 0) is 4.74 Å². The van der Waals surface area contributed by atoms with E-state index in [1.54, 1.807) is 0 Å². The van der Waals surface area contributed by atoms with Crippen molar-refractivity contribution >= 4 is 6.09 Å². The lowest BCUT2D eigenvalue weighted by Crippen LogP contribution is -2.43. The number of ether oxygens (including phenoxy) is 1. The summed E-state index contributed by atoms with van der Waals surface area (Å²) in [6, 6.07) is 17.4. The van der Waals surface area contributed by atoms with Crippen molar-refractivity contribution in [3.8, 4) is 11.1 Å². The molecule has 2 aromatic rings. The summed E-state index contributed by atoms with van der Waals surface area (Å²) in [6.07, 6.45) is 9.29. The molecule has 1 amide bonds. The number of allylic oxidation sites excluding steroid dienone is 1. The van der Waals surface area contributed by atoms with Crippen molar-refractivity contribution in [1.82, 2.24) is 4.90 Å². The fraction of sp³-hybridized carbons (Fsp3) is 0.346. The topological polar surface area (TPSA) is 29.5 Å². The summed E-state index contributed by atoms with van der Waals surface area (Å²) in [5, 5.41) is 0. The highest BCUT2D eigenvalue weighted by Crippen LogP contribution is 2.45. The Labute approximate surface area is 172 Å². The first-order chi connectivity index (χ1) is 14.3. The van der Waals surface area contributed by atoms with E-state index >= 15 is 0 Å². The summed E-state index contributed by atoms with van der Waals surface area (Å²) < 4.78 is 5.92. The van der Waals surface area contributed by atoms with E-state index in [2.05, 4.69) is 61.2 Å². The van der Waals surface area contributed by atoms with Gasteiger partial charge in [-0.3, -0.25) is 4.90 Å². The summed E-state index contributed by atoms with van der Waals surface area (Å²) >= 11 is 0. The Balaban J connectivity index is 1.31. The van der Waals surface area contributed by atoms with E-state index in [1.807, 2.05) is 11.0 Å². The minimum atomic E-state index is -0.154. The van der Waals surface area contributed by atoms with Crippen LogP contribution in [-0.4, -0.2) is 29.7 Å². The van der Waals surface area contributed by atoms with Crippen LogP contribution in [0.1, 0.15) is 49.1 Å². The monoisotopic (exact) mass is 385 g/mol. The summed E-state index contributed by atoms with van der Waals surface area (Å²) in [6.45, 7) is 4.22. The molecule has 2 heterocycles. The van der Waals surface area contributed by atoms with Gasteiger partial charge >= 0.3 is 6.09 Å². The van der Waals surface area contributed by atoms with Gasteiger partial charge in [0.15, 0.2) is 0 Å². The van der Waals surface area contributed by atoms with Crippen LogP contribution in [0.2, 0.25) is 0 Å². The molecule has 3 nitrogen and oxygen atoms in total. The van der Waals surface area contributed by atoms with Crippen molar-refractivity contribution in [1.29, 1.82) is 0 Å². The van der Waals surface area contributed by atoms with Gasteiger partial charge in [-0.2, -0.15) is 0 Å². The Morgan fingerprint density at radius 3 is 2.41 bits per heavy atom. The van der Waals surface area contributed by atoms with E-state index < -0.39 is 0 Å². The average molecular weight is 386 g/mol. The molecule has 1 fully saturated rings. The maximum Gasteiger partial charge on any atom is 0.410 e. The van der Waals surface area contributed by atoms with Crippen molar-refractivity contribution in [2.45, 2.75) is 50.1 Å². The third-order valence-electron chi connectivity index (χ3n) is 6.69. The van der Waals surface area contributed by atoms with E-state index in [-0.39, 0.29) is 18.1 Å². The first-order valence-electron chi connectivity index (χ1n) is 10.7. The van der Waals surface area contributed by atoms with Gasteiger partial charge in [0.25, 0.3) is 0 Å². The molecule has 29 heavy (non-hydrogen) atoms. The molecule has 3 aliphatic rings. The van der Waals surface area contributed by atoms with Crippen LogP contribution in [0.4, 0.5) is 4.79 Å². The molecule has 3 heteroatoms. The molecule has 1 aliphatic carbocycles. The van der Waals surface area contributed by atoms with Gasteiger partial charge in [-0.15, -0.1) is 6.58 Å². The van der Waals surface area contributed by atoms with E-state index in [4.69, 9.17) is 4.74 Å². The molecule has 2 unspecified atom stereocenters. The van der Waals surface area contributed by atoms with Crippen molar-refractivity contribution in [3.63, 3.8) is 0 Å². The van der Waals surface area contributed by atoms with Gasteiger partial charge in [0.1, 0.15) is 6.61 Å². The van der Waals surface area contributed by atoms with Crippen LogP contribution in [0, 0.1) is 0 Å². The first kappa shape index (κ1) is 18.2. The van der Waals surface area contributed by atoms with Crippen LogP contribution in [0.3, 0.4) is 0 Å². The zero-order valence-corrected chi connectivity index (χ0v) is 16.7. The Bertz CT molecular complexity index is 931. The molecule has 2 bridgehead atoms. The molecule has 0 saturated carbocycles. The second-order valence-corrected chi connectivity index (χ2v) is 8.37. The molecule has 0 spiro atoms. The number of fused-ring (bicyclic) bond motifs is 5. The predicted octanol–water partition coefficient (Wildman–Crippen LogP) is 6.06. The fourth-order valence-electron chi connectivity index (χ4n) is 5.34. The molecule has 0 N–H and O–H groups in total. The van der Waals surface area contributed by atoms with Gasteiger partial charge < -0.3 is 4.74 Å². The van der Waals surface area contributed by atoms with Crippen LogP contribution in [0.5, 0.6) is 0 Å². The van der Waals surface area contributed by atoms with E-state index in [9.17, 15) is 4.79 Å². The summed E-state index contributed by atoms with van der Waals surface area (Å²) in [4.78, 5) is 15.0. The van der Waals surface area contributed by atoms with E-state index in [1.165, 1.54) is 27.8 Å². The lowest BCUT2D eigenvalue weighted by atomic mass is 9.97. The highest BCUT2D eigenvalue weighted by atomic mass is 16.6. The van der Waals surface area contributed by atoms with Gasteiger partial charge in [0, 0.05) is 12.0 Å². The Morgan fingerprint density at radius 2 is 1.76 bits per heavy atom. The first-order valence-corrected chi connectivity index (χ1v) is 10.7. The number of rotatable bonds is 5. The molecule has 2 atom stereocenters. The number of carbonyl (C=O) groups excluding carboxylic acids is 1. The number of hydrogen-bond donors (Lipinski definition) is 0. The van der Waals surface area contributed by atoms with Crippen molar-refractivity contribution in [3.05, 3.63) is 84.0 Å². The van der Waals surface area contributed by atoms with Crippen LogP contribution >= 0.6 is 0 Å².